The van der Waals surface area contributed by atoms with Gasteiger partial charge < -0.3 is 14.7 Å². The summed E-state index contributed by atoms with van der Waals surface area (Å²) < 4.78 is 34.4. The molecule has 3 atom stereocenters. The number of sulfonamides is 1. The van der Waals surface area contributed by atoms with Crippen LogP contribution in [-0.2, 0) is 19.6 Å². The second-order valence-corrected chi connectivity index (χ2v) is 12.3. The molecule has 2 N–H and O–H groups in total. The maximum Gasteiger partial charge on any atom is 0.325 e. The van der Waals surface area contributed by atoms with Gasteiger partial charge in [-0.25, -0.2) is 8.42 Å². The van der Waals surface area contributed by atoms with Crippen LogP contribution >= 0.6 is 23.4 Å². The normalized spacial score (nSPS) is 26.9. The first-order valence-electron chi connectivity index (χ1n) is 11.1. The third-order valence-electron chi connectivity index (χ3n) is 6.59. The number of benzene rings is 2. The van der Waals surface area contributed by atoms with E-state index >= 15 is 0 Å². The fraction of sp³-hybridized carbons (Fsp3) is 0.375. The molecular formula is C24H25ClN2O5S2. The molecule has 1 aliphatic carbocycles. The molecule has 7 nitrogen and oxygen atoms in total. The molecule has 34 heavy (non-hydrogen) atoms. The third-order valence-corrected chi connectivity index (χ3v) is 10.3. The molecule has 10 heteroatoms. The molecular weight excluding hydrogens is 496 g/mol. The Morgan fingerprint density at radius 2 is 1.74 bits per heavy atom. The summed E-state index contributed by atoms with van der Waals surface area (Å²) in [5.74, 6) is -1.58. The standard InChI is InChI=1S/C24H25ClN2O5S2/c25-18-5-1-17(2-6-18)21-9-10-22(33-21)34(30,31)26-24(23(28)29)15-20(24)16-3-7-19(8-4-16)27-11-13-32-14-12-27/h1-8,10,20-21,26H,9,11-15H2,(H,28,29). The van der Waals surface area contributed by atoms with Crippen LogP contribution in [0.3, 0.4) is 0 Å². The zero-order valence-corrected chi connectivity index (χ0v) is 20.7. The van der Waals surface area contributed by atoms with Crippen LogP contribution in [0.15, 0.2) is 58.8 Å². The lowest BCUT2D eigenvalue weighted by Gasteiger charge is -2.29. The number of carbonyl (C=O) groups is 1. The number of nitrogens with one attached hydrogen (secondary N) is 1. The molecule has 1 saturated heterocycles. The van der Waals surface area contributed by atoms with Gasteiger partial charge in [0.1, 0.15) is 9.78 Å². The fourth-order valence-corrected chi connectivity index (χ4v) is 7.85. The van der Waals surface area contributed by atoms with Crippen molar-refractivity contribution >= 4 is 45.0 Å². The molecule has 0 spiro atoms. The second kappa shape index (κ2) is 9.20. The lowest BCUT2D eigenvalue weighted by atomic mass is 10.1. The first-order valence-corrected chi connectivity index (χ1v) is 13.8. The van der Waals surface area contributed by atoms with Crippen molar-refractivity contribution in [2.24, 2.45) is 0 Å². The van der Waals surface area contributed by atoms with Gasteiger partial charge >= 0.3 is 5.97 Å². The van der Waals surface area contributed by atoms with Crippen molar-refractivity contribution in [3.63, 3.8) is 0 Å². The summed E-state index contributed by atoms with van der Waals surface area (Å²) in [7, 11) is -3.97. The van der Waals surface area contributed by atoms with Crippen molar-refractivity contribution in [1.29, 1.82) is 0 Å². The number of aliphatic carboxylic acids is 1. The quantitative estimate of drug-likeness (QED) is 0.566. The van der Waals surface area contributed by atoms with Gasteiger partial charge in [0.15, 0.2) is 0 Å². The molecule has 2 fully saturated rings. The Morgan fingerprint density at radius 3 is 2.38 bits per heavy atom. The van der Waals surface area contributed by atoms with E-state index in [2.05, 4.69) is 9.62 Å². The Kier molecular flexibility index (Phi) is 6.41. The molecule has 0 amide bonds. The number of carboxylic acid groups (broad SMARTS) is 1. The Morgan fingerprint density at radius 1 is 1.09 bits per heavy atom. The van der Waals surface area contributed by atoms with Crippen LogP contribution in [0.2, 0.25) is 5.02 Å². The minimum Gasteiger partial charge on any atom is -0.480 e. The van der Waals surface area contributed by atoms with Crippen LogP contribution in [0.4, 0.5) is 5.69 Å². The number of anilines is 1. The van der Waals surface area contributed by atoms with Gasteiger partial charge in [0, 0.05) is 35.0 Å². The van der Waals surface area contributed by atoms with Gasteiger partial charge in [-0.2, -0.15) is 4.72 Å². The largest absolute Gasteiger partial charge is 0.480 e. The minimum atomic E-state index is -3.97. The van der Waals surface area contributed by atoms with Crippen molar-refractivity contribution in [1.82, 2.24) is 4.72 Å². The number of rotatable bonds is 7. The van der Waals surface area contributed by atoms with Crippen molar-refractivity contribution in [2.75, 3.05) is 31.2 Å². The van der Waals surface area contributed by atoms with Gasteiger partial charge in [0.05, 0.1) is 13.2 Å². The van der Waals surface area contributed by atoms with E-state index in [9.17, 15) is 18.3 Å². The van der Waals surface area contributed by atoms with E-state index in [-0.39, 0.29) is 15.9 Å². The van der Waals surface area contributed by atoms with Crippen LogP contribution < -0.4 is 9.62 Å². The monoisotopic (exact) mass is 520 g/mol. The summed E-state index contributed by atoms with van der Waals surface area (Å²) in [4.78, 5) is 14.4. The van der Waals surface area contributed by atoms with Gasteiger partial charge in [-0.05, 0) is 48.2 Å². The van der Waals surface area contributed by atoms with Crippen LogP contribution in [0.25, 0.3) is 0 Å². The molecule has 0 aromatic heterocycles. The molecule has 3 aliphatic rings. The summed E-state index contributed by atoms with van der Waals surface area (Å²) >= 11 is 7.18. The van der Waals surface area contributed by atoms with Gasteiger partial charge in [0.25, 0.3) is 0 Å². The zero-order valence-electron chi connectivity index (χ0n) is 18.3. The fourth-order valence-electron chi connectivity index (χ4n) is 4.58. The predicted octanol–water partition coefficient (Wildman–Crippen LogP) is 4.13. The Balaban J connectivity index is 1.28. The molecule has 2 aliphatic heterocycles. The molecule has 2 aromatic rings. The summed E-state index contributed by atoms with van der Waals surface area (Å²) in [6.45, 7) is 2.99. The highest BCUT2D eigenvalue weighted by Gasteiger charge is 2.63. The van der Waals surface area contributed by atoms with E-state index in [0.29, 0.717) is 24.7 Å². The lowest BCUT2D eigenvalue weighted by Crippen LogP contribution is -2.44. The van der Waals surface area contributed by atoms with Crippen LogP contribution in [0.5, 0.6) is 0 Å². The number of hydrogen-bond acceptors (Lipinski definition) is 6. The SMILES string of the molecule is O=C(O)C1(NS(=O)(=O)C2=CCC(c3ccc(Cl)cc3)S2)CC1c1ccc(N2CCOCC2)cc1. The smallest absolute Gasteiger partial charge is 0.325 e. The van der Waals surface area contributed by atoms with Gasteiger partial charge in [-0.15, -0.1) is 11.8 Å². The number of hydrogen-bond donors (Lipinski definition) is 2. The van der Waals surface area contributed by atoms with Crippen LogP contribution in [0, 0.1) is 0 Å². The van der Waals surface area contributed by atoms with E-state index in [1.165, 1.54) is 11.8 Å². The second-order valence-electron chi connectivity index (χ2n) is 8.75. The Bertz CT molecular complexity index is 1210. The van der Waals surface area contributed by atoms with Gasteiger partial charge in [0.2, 0.25) is 10.0 Å². The summed E-state index contributed by atoms with van der Waals surface area (Å²) in [6, 6.07) is 15.0. The van der Waals surface area contributed by atoms with Crippen molar-refractivity contribution in [2.45, 2.75) is 29.5 Å². The Hall–Kier alpha value is -2.04. The number of ether oxygens (including phenoxy) is 1. The summed E-state index contributed by atoms with van der Waals surface area (Å²) in [6.07, 6.45) is 2.43. The summed E-state index contributed by atoms with van der Waals surface area (Å²) in [5.41, 5.74) is 1.32. The van der Waals surface area contributed by atoms with Crippen LogP contribution in [-0.4, -0.2) is 51.3 Å². The number of morpholine rings is 1. The highest BCUT2D eigenvalue weighted by molar-refractivity contribution is 8.18. The van der Waals surface area contributed by atoms with Crippen molar-refractivity contribution in [3.05, 3.63) is 75.0 Å². The first-order chi connectivity index (χ1) is 16.3. The molecule has 0 radical (unpaired) electrons. The first kappa shape index (κ1) is 23.7. The van der Waals surface area contributed by atoms with E-state index in [1.54, 1.807) is 18.2 Å². The Labute approximate surface area is 208 Å². The summed E-state index contributed by atoms with van der Waals surface area (Å²) in [5, 5.41) is 10.5. The van der Waals surface area contributed by atoms with Crippen molar-refractivity contribution < 1.29 is 23.1 Å². The average Bonchev–Trinajstić information content (AvgIpc) is 3.33. The third kappa shape index (κ3) is 4.59. The maximum absolute atomic E-state index is 13.2. The number of halogens is 1. The molecule has 5 rings (SSSR count). The minimum absolute atomic E-state index is 0.0487. The molecule has 1 saturated carbocycles. The highest BCUT2D eigenvalue weighted by atomic mass is 35.5. The van der Waals surface area contributed by atoms with E-state index in [4.69, 9.17) is 16.3 Å². The van der Waals surface area contributed by atoms with E-state index in [1.807, 2.05) is 36.4 Å². The molecule has 2 aromatic carbocycles. The zero-order chi connectivity index (χ0) is 23.9. The van der Waals surface area contributed by atoms with Gasteiger partial charge in [-0.3, -0.25) is 4.79 Å². The molecule has 180 valence electrons. The van der Waals surface area contributed by atoms with Crippen molar-refractivity contribution in [3.8, 4) is 0 Å². The lowest BCUT2D eigenvalue weighted by molar-refractivity contribution is -0.140. The van der Waals surface area contributed by atoms with Crippen LogP contribution in [0.1, 0.15) is 35.1 Å². The number of thioether (sulfide) groups is 1. The van der Waals surface area contributed by atoms with E-state index in [0.717, 1.165) is 29.9 Å². The average molecular weight is 521 g/mol. The topological polar surface area (TPSA) is 95.9 Å². The maximum atomic E-state index is 13.2. The highest BCUT2D eigenvalue weighted by Crippen LogP contribution is 2.54. The van der Waals surface area contributed by atoms with E-state index < -0.39 is 27.4 Å². The predicted molar refractivity (Wildman–Crippen MR) is 134 cm³/mol. The molecule has 0 bridgehead atoms. The number of carboxylic acids is 1. The van der Waals surface area contributed by atoms with Gasteiger partial charge in [-0.1, -0.05) is 41.9 Å². The number of allylic oxidation sites excluding steroid dienone is 1. The molecule has 2 heterocycles. The number of nitrogens with zero attached hydrogens (tertiary/aromatic N) is 1. The molecule has 3 unspecified atom stereocenters.